The zero-order valence-corrected chi connectivity index (χ0v) is 18.0. The minimum atomic E-state index is -0.0183. The van der Waals surface area contributed by atoms with Crippen LogP contribution in [-0.4, -0.2) is 16.2 Å². The van der Waals surface area contributed by atoms with E-state index in [2.05, 4.69) is 43.1 Å². The highest BCUT2D eigenvalue weighted by atomic mass is 32.1. The summed E-state index contributed by atoms with van der Waals surface area (Å²) < 4.78 is 7.53. The van der Waals surface area contributed by atoms with Crippen molar-refractivity contribution >= 4 is 21.6 Å². The third-order valence-corrected chi connectivity index (χ3v) is 5.92. The Morgan fingerprint density at radius 1 is 0.966 bits per heavy atom. The summed E-state index contributed by atoms with van der Waals surface area (Å²) in [5, 5.41) is 2.73. The molecule has 0 unspecified atom stereocenters. The summed E-state index contributed by atoms with van der Waals surface area (Å²) in [6, 6.07) is 12.4. The van der Waals surface area contributed by atoms with Crippen molar-refractivity contribution in [3.8, 4) is 16.9 Å². The smallest absolute Gasteiger partial charge is 0.262 e. The van der Waals surface area contributed by atoms with Crippen molar-refractivity contribution in [1.29, 1.82) is 0 Å². The molecule has 148 valence electrons. The van der Waals surface area contributed by atoms with E-state index in [1.54, 1.807) is 10.9 Å². The zero-order valence-electron chi connectivity index (χ0n) is 17.2. The molecule has 2 heterocycles. The molecule has 0 aliphatic carbocycles. The number of benzene rings is 2. The molecule has 0 spiro atoms. The van der Waals surface area contributed by atoms with Gasteiger partial charge in [0.25, 0.3) is 5.56 Å². The molecule has 2 aromatic heterocycles. The van der Waals surface area contributed by atoms with Gasteiger partial charge in [0.2, 0.25) is 0 Å². The lowest BCUT2D eigenvalue weighted by atomic mass is 9.99. The lowest BCUT2D eigenvalue weighted by Crippen LogP contribution is -2.23. The van der Waals surface area contributed by atoms with Crippen LogP contribution in [0.15, 0.2) is 52.9 Å². The van der Waals surface area contributed by atoms with Gasteiger partial charge in [0, 0.05) is 10.9 Å². The van der Waals surface area contributed by atoms with Crippen molar-refractivity contribution in [2.24, 2.45) is 0 Å². The molecule has 4 rings (SSSR count). The summed E-state index contributed by atoms with van der Waals surface area (Å²) >= 11 is 1.51. The van der Waals surface area contributed by atoms with E-state index in [1.807, 2.05) is 31.4 Å². The number of aromatic nitrogens is 2. The molecule has 0 aliphatic heterocycles. The Kier molecular flexibility index (Phi) is 5.24. The van der Waals surface area contributed by atoms with Crippen molar-refractivity contribution in [2.75, 3.05) is 6.61 Å². The first-order chi connectivity index (χ1) is 13.9. The second-order valence-corrected chi connectivity index (χ2v) is 8.42. The number of nitrogens with zero attached hydrogens (tertiary/aromatic N) is 2. The van der Waals surface area contributed by atoms with Crippen molar-refractivity contribution in [2.45, 2.75) is 34.2 Å². The summed E-state index contributed by atoms with van der Waals surface area (Å²) in [7, 11) is 0. The Morgan fingerprint density at radius 3 is 2.45 bits per heavy atom. The highest BCUT2D eigenvalue weighted by Gasteiger charge is 2.15. The Balaban J connectivity index is 1.63. The maximum Gasteiger partial charge on any atom is 0.262 e. The largest absolute Gasteiger partial charge is 0.492 e. The normalized spacial score (nSPS) is 11.2. The molecule has 4 nitrogen and oxygen atoms in total. The summed E-state index contributed by atoms with van der Waals surface area (Å²) in [5.74, 6) is 0.830. The van der Waals surface area contributed by atoms with Gasteiger partial charge in [-0.15, -0.1) is 11.3 Å². The quantitative estimate of drug-likeness (QED) is 0.445. The monoisotopic (exact) mass is 404 g/mol. The number of fused-ring (bicyclic) bond motifs is 1. The number of thiophene rings is 1. The van der Waals surface area contributed by atoms with Gasteiger partial charge < -0.3 is 4.74 Å². The predicted octanol–water partition coefficient (Wildman–Crippen LogP) is 5.44. The molecule has 0 aliphatic rings. The molecular weight excluding hydrogens is 380 g/mol. The highest BCUT2D eigenvalue weighted by molar-refractivity contribution is 7.17. The van der Waals surface area contributed by atoms with Crippen LogP contribution in [0.2, 0.25) is 0 Å². The lowest BCUT2D eigenvalue weighted by Gasteiger charge is -2.10. The van der Waals surface area contributed by atoms with E-state index in [1.165, 1.54) is 16.9 Å². The molecule has 29 heavy (non-hydrogen) atoms. The standard InChI is InChI=1S/C24H24N2O2S/c1-15-5-6-20(18(4)10-15)21-13-29-23-22(21)24(27)26(14-25-23)7-8-28-19-11-16(2)9-17(3)12-19/h5-6,9-14H,7-8H2,1-4H3. The molecule has 5 heteroatoms. The van der Waals surface area contributed by atoms with Crippen molar-refractivity contribution in [1.82, 2.24) is 9.55 Å². The molecule has 2 aromatic carbocycles. The third kappa shape index (κ3) is 3.96. The van der Waals surface area contributed by atoms with Crippen molar-refractivity contribution < 1.29 is 4.74 Å². The Labute approximate surface area is 174 Å². The molecular formula is C24H24N2O2S. The topological polar surface area (TPSA) is 44.1 Å². The Morgan fingerprint density at radius 2 is 1.72 bits per heavy atom. The van der Waals surface area contributed by atoms with Gasteiger partial charge in [0.15, 0.2) is 0 Å². The number of ether oxygens (including phenoxy) is 1. The fraction of sp³-hybridized carbons (Fsp3) is 0.250. The van der Waals surface area contributed by atoms with E-state index in [-0.39, 0.29) is 5.56 Å². The SMILES string of the molecule is Cc1cc(C)cc(OCCn2cnc3scc(-c4ccc(C)cc4C)c3c2=O)c1. The molecule has 0 atom stereocenters. The molecule has 0 bridgehead atoms. The van der Waals surface area contributed by atoms with Gasteiger partial charge in [-0.3, -0.25) is 9.36 Å². The second kappa shape index (κ2) is 7.84. The molecule has 0 fully saturated rings. The first-order valence-corrected chi connectivity index (χ1v) is 10.6. The van der Waals surface area contributed by atoms with E-state index in [0.717, 1.165) is 38.4 Å². The van der Waals surface area contributed by atoms with Gasteiger partial charge in [-0.2, -0.15) is 0 Å². The minimum Gasteiger partial charge on any atom is -0.492 e. The second-order valence-electron chi connectivity index (χ2n) is 7.56. The number of aryl methyl sites for hydroxylation is 4. The van der Waals surface area contributed by atoms with Crippen LogP contribution in [0, 0.1) is 27.7 Å². The van der Waals surface area contributed by atoms with Crippen LogP contribution in [0.1, 0.15) is 22.3 Å². The maximum atomic E-state index is 13.2. The average Bonchev–Trinajstić information content (AvgIpc) is 3.07. The summed E-state index contributed by atoms with van der Waals surface area (Å²) in [6.45, 7) is 9.13. The van der Waals surface area contributed by atoms with E-state index >= 15 is 0 Å². The van der Waals surface area contributed by atoms with Crippen LogP contribution in [0.4, 0.5) is 0 Å². The number of hydrogen-bond acceptors (Lipinski definition) is 4. The highest BCUT2D eigenvalue weighted by Crippen LogP contribution is 2.33. The van der Waals surface area contributed by atoms with Gasteiger partial charge in [0.05, 0.1) is 18.3 Å². The van der Waals surface area contributed by atoms with E-state index in [9.17, 15) is 4.79 Å². The first kappa shape index (κ1) is 19.4. The zero-order chi connectivity index (χ0) is 20.5. The van der Waals surface area contributed by atoms with Crippen LogP contribution >= 0.6 is 11.3 Å². The molecule has 0 amide bonds. The summed E-state index contributed by atoms with van der Waals surface area (Å²) in [6.07, 6.45) is 1.62. The molecule has 0 N–H and O–H groups in total. The fourth-order valence-corrected chi connectivity index (χ4v) is 4.62. The molecule has 0 saturated carbocycles. The fourth-order valence-electron chi connectivity index (χ4n) is 3.72. The first-order valence-electron chi connectivity index (χ1n) is 9.68. The van der Waals surface area contributed by atoms with Gasteiger partial charge in [-0.1, -0.05) is 29.8 Å². The van der Waals surface area contributed by atoms with E-state index in [4.69, 9.17) is 4.74 Å². The number of hydrogen-bond donors (Lipinski definition) is 0. The van der Waals surface area contributed by atoms with E-state index in [0.29, 0.717) is 18.5 Å². The van der Waals surface area contributed by atoms with Crippen LogP contribution in [0.3, 0.4) is 0 Å². The summed E-state index contributed by atoms with van der Waals surface area (Å²) in [5.41, 5.74) is 6.74. The summed E-state index contributed by atoms with van der Waals surface area (Å²) in [4.78, 5) is 18.5. The predicted molar refractivity (Wildman–Crippen MR) is 120 cm³/mol. The van der Waals surface area contributed by atoms with Crippen LogP contribution in [0.25, 0.3) is 21.3 Å². The van der Waals surface area contributed by atoms with Crippen molar-refractivity contribution in [3.63, 3.8) is 0 Å². The Hall–Kier alpha value is -2.92. The van der Waals surface area contributed by atoms with Gasteiger partial charge in [0.1, 0.15) is 17.2 Å². The third-order valence-electron chi connectivity index (χ3n) is 5.03. The van der Waals surface area contributed by atoms with Crippen molar-refractivity contribution in [3.05, 3.63) is 80.7 Å². The Bertz CT molecular complexity index is 1230. The molecule has 0 saturated heterocycles. The lowest BCUT2D eigenvalue weighted by molar-refractivity contribution is 0.295. The van der Waals surface area contributed by atoms with Gasteiger partial charge in [-0.05, 0) is 62.1 Å². The average molecular weight is 405 g/mol. The number of rotatable bonds is 5. The van der Waals surface area contributed by atoms with E-state index < -0.39 is 0 Å². The maximum absolute atomic E-state index is 13.2. The molecule has 4 aromatic rings. The van der Waals surface area contributed by atoms with Gasteiger partial charge in [-0.25, -0.2) is 4.98 Å². The van der Waals surface area contributed by atoms with Crippen LogP contribution in [-0.2, 0) is 6.54 Å². The minimum absolute atomic E-state index is 0.0183. The van der Waals surface area contributed by atoms with Crippen LogP contribution < -0.4 is 10.3 Å². The van der Waals surface area contributed by atoms with Crippen LogP contribution in [0.5, 0.6) is 5.75 Å². The van der Waals surface area contributed by atoms with Gasteiger partial charge >= 0.3 is 0 Å². The molecule has 0 radical (unpaired) electrons.